The molecular formula is C16H16N2O2S. The van der Waals surface area contributed by atoms with Crippen LogP contribution in [0.25, 0.3) is 0 Å². The zero-order valence-electron chi connectivity index (χ0n) is 11.7. The molecule has 2 aromatic carbocycles. The summed E-state index contributed by atoms with van der Waals surface area (Å²) < 4.78 is 5.19. The maximum atomic E-state index is 12.8. The van der Waals surface area contributed by atoms with Gasteiger partial charge in [0.25, 0.3) is 5.91 Å². The van der Waals surface area contributed by atoms with Crippen molar-refractivity contribution in [3.05, 3.63) is 48.0 Å². The Morgan fingerprint density at radius 3 is 2.90 bits per heavy atom. The molecule has 1 amide bonds. The van der Waals surface area contributed by atoms with Crippen LogP contribution in [0, 0.1) is 0 Å². The Morgan fingerprint density at radius 2 is 2.10 bits per heavy atom. The normalized spacial score (nSPS) is 13.7. The first kappa shape index (κ1) is 13.8. The Bertz CT molecular complexity index is 688. The molecule has 0 saturated heterocycles. The first-order valence-corrected chi connectivity index (χ1v) is 7.66. The van der Waals surface area contributed by atoms with E-state index in [1.165, 1.54) is 0 Å². The molecule has 1 aliphatic heterocycles. The molecule has 0 radical (unpaired) electrons. The highest BCUT2D eigenvalue weighted by Crippen LogP contribution is 2.35. The standard InChI is InChI=1S/C16H16N2O2S/c1-20-13-9-11(8-12(17)10-13)16(19)18-6-7-21-15-5-3-2-4-14(15)18/h2-5,8-10H,6-7,17H2,1H3. The minimum Gasteiger partial charge on any atom is -0.497 e. The predicted molar refractivity (Wildman–Crippen MR) is 86.2 cm³/mol. The van der Waals surface area contributed by atoms with E-state index >= 15 is 0 Å². The number of hydrogen-bond donors (Lipinski definition) is 1. The first-order valence-electron chi connectivity index (χ1n) is 6.67. The summed E-state index contributed by atoms with van der Waals surface area (Å²) in [5.41, 5.74) is 7.88. The monoisotopic (exact) mass is 300 g/mol. The van der Waals surface area contributed by atoms with Crippen LogP contribution in [0.15, 0.2) is 47.4 Å². The smallest absolute Gasteiger partial charge is 0.258 e. The molecule has 21 heavy (non-hydrogen) atoms. The fourth-order valence-electron chi connectivity index (χ4n) is 2.40. The van der Waals surface area contributed by atoms with E-state index < -0.39 is 0 Å². The van der Waals surface area contributed by atoms with E-state index in [1.54, 1.807) is 42.0 Å². The lowest BCUT2D eigenvalue weighted by Crippen LogP contribution is -2.35. The molecule has 4 nitrogen and oxygen atoms in total. The van der Waals surface area contributed by atoms with Gasteiger partial charge < -0.3 is 15.4 Å². The maximum Gasteiger partial charge on any atom is 0.258 e. The third-order valence-electron chi connectivity index (χ3n) is 3.39. The molecule has 0 spiro atoms. The van der Waals surface area contributed by atoms with E-state index in [0.717, 1.165) is 16.3 Å². The summed E-state index contributed by atoms with van der Waals surface area (Å²) >= 11 is 1.77. The van der Waals surface area contributed by atoms with Crippen molar-refractivity contribution in [1.29, 1.82) is 0 Å². The highest BCUT2D eigenvalue weighted by atomic mass is 32.2. The molecule has 1 heterocycles. The van der Waals surface area contributed by atoms with Crippen molar-refractivity contribution in [2.24, 2.45) is 0 Å². The van der Waals surface area contributed by atoms with E-state index in [4.69, 9.17) is 10.5 Å². The third-order valence-corrected chi connectivity index (χ3v) is 4.43. The van der Waals surface area contributed by atoms with Crippen molar-refractivity contribution in [3.8, 4) is 5.75 Å². The topological polar surface area (TPSA) is 55.6 Å². The summed E-state index contributed by atoms with van der Waals surface area (Å²) in [4.78, 5) is 15.7. The number of thioether (sulfide) groups is 1. The van der Waals surface area contributed by atoms with Gasteiger partial charge in [-0.1, -0.05) is 12.1 Å². The summed E-state index contributed by atoms with van der Waals surface area (Å²) in [7, 11) is 1.57. The Morgan fingerprint density at radius 1 is 1.29 bits per heavy atom. The number of rotatable bonds is 2. The SMILES string of the molecule is COc1cc(N)cc(C(=O)N2CCSc3ccccc32)c1. The molecule has 2 aromatic rings. The van der Waals surface area contributed by atoms with Gasteiger partial charge in [0.2, 0.25) is 0 Å². The van der Waals surface area contributed by atoms with Crippen LogP contribution in [-0.2, 0) is 0 Å². The van der Waals surface area contributed by atoms with E-state index in [-0.39, 0.29) is 5.91 Å². The van der Waals surface area contributed by atoms with Crippen LogP contribution in [0.5, 0.6) is 5.75 Å². The quantitative estimate of drug-likeness (QED) is 0.866. The van der Waals surface area contributed by atoms with Gasteiger partial charge in [-0.25, -0.2) is 0 Å². The highest BCUT2D eigenvalue weighted by molar-refractivity contribution is 7.99. The number of fused-ring (bicyclic) bond motifs is 1. The second kappa shape index (κ2) is 5.69. The van der Waals surface area contributed by atoms with Gasteiger partial charge in [0.15, 0.2) is 0 Å². The minimum absolute atomic E-state index is 0.0478. The average molecular weight is 300 g/mol. The van der Waals surface area contributed by atoms with Crippen LogP contribution in [-0.4, -0.2) is 25.3 Å². The number of nitrogens with zero attached hydrogens (tertiary/aromatic N) is 1. The second-order valence-corrected chi connectivity index (χ2v) is 5.90. The van der Waals surface area contributed by atoms with Gasteiger partial charge in [-0.2, -0.15) is 0 Å². The number of ether oxygens (including phenoxy) is 1. The van der Waals surface area contributed by atoms with Gasteiger partial charge in [-0.15, -0.1) is 11.8 Å². The van der Waals surface area contributed by atoms with Crippen LogP contribution in [0.1, 0.15) is 10.4 Å². The molecule has 0 saturated carbocycles. The molecule has 1 aliphatic rings. The zero-order chi connectivity index (χ0) is 14.8. The molecule has 0 atom stereocenters. The second-order valence-electron chi connectivity index (χ2n) is 4.77. The van der Waals surface area contributed by atoms with Crippen molar-refractivity contribution in [1.82, 2.24) is 0 Å². The van der Waals surface area contributed by atoms with E-state index in [2.05, 4.69) is 0 Å². The molecular weight excluding hydrogens is 284 g/mol. The van der Waals surface area contributed by atoms with Gasteiger partial charge >= 0.3 is 0 Å². The fourth-order valence-corrected chi connectivity index (χ4v) is 3.39. The van der Waals surface area contributed by atoms with Crippen molar-refractivity contribution in [3.63, 3.8) is 0 Å². The minimum atomic E-state index is -0.0478. The molecule has 0 aromatic heterocycles. The molecule has 0 fully saturated rings. The number of methoxy groups -OCH3 is 1. The van der Waals surface area contributed by atoms with Crippen molar-refractivity contribution >= 4 is 29.0 Å². The molecule has 0 aliphatic carbocycles. The van der Waals surface area contributed by atoms with Gasteiger partial charge in [-0.3, -0.25) is 4.79 Å². The largest absolute Gasteiger partial charge is 0.497 e. The van der Waals surface area contributed by atoms with E-state index in [9.17, 15) is 4.79 Å². The maximum absolute atomic E-state index is 12.8. The molecule has 108 valence electrons. The van der Waals surface area contributed by atoms with Gasteiger partial charge in [-0.05, 0) is 24.3 Å². The number of nitrogens with two attached hydrogens (primary N) is 1. The lowest BCUT2D eigenvalue weighted by molar-refractivity contribution is 0.0987. The lowest BCUT2D eigenvalue weighted by Gasteiger charge is -2.29. The molecule has 3 rings (SSSR count). The number of amides is 1. The van der Waals surface area contributed by atoms with Crippen molar-refractivity contribution in [2.75, 3.05) is 30.0 Å². The summed E-state index contributed by atoms with van der Waals surface area (Å²) in [6.45, 7) is 0.692. The summed E-state index contributed by atoms with van der Waals surface area (Å²) in [6, 6.07) is 13.1. The first-order chi connectivity index (χ1) is 10.2. The van der Waals surface area contributed by atoms with E-state index in [1.807, 2.05) is 24.3 Å². The third kappa shape index (κ3) is 2.69. The number of carbonyl (C=O) groups is 1. The van der Waals surface area contributed by atoms with Crippen LogP contribution < -0.4 is 15.4 Å². The molecule has 0 bridgehead atoms. The average Bonchev–Trinajstić information content (AvgIpc) is 2.53. The fraction of sp³-hybridized carbons (Fsp3) is 0.188. The number of nitrogen functional groups attached to an aromatic ring is 1. The van der Waals surface area contributed by atoms with Crippen LogP contribution in [0.2, 0.25) is 0 Å². The Labute approximate surface area is 127 Å². The van der Waals surface area contributed by atoms with Gasteiger partial charge in [0, 0.05) is 34.5 Å². The Kier molecular flexibility index (Phi) is 3.75. The summed E-state index contributed by atoms with van der Waals surface area (Å²) in [6.07, 6.45) is 0. The van der Waals surface area contributed by atoms with Crippen LogP contribution in [0.3, 0.4) is 0 Å². The zero-order valence-corrected chi connectivity index (χ0v) is 12.5. The van der Waals surface area contributed by atoms with Gasteiger partial charge in [0.05, 0.1) is 12.8 Å². The Balaban J connectivity index is 1.98. The number of anilines is 2. The number of carbonyl (C=O) groups excluding carboxylic acids is 1. The van der Waals surface area contributed by atoms with E-state index in [0.29, 0.717) is 23.5 Å². The van der Waals surface area contributed by atoms with Gasteiger partial charge in [0.1, 0.15) is 5.75 Å². The molecule has 5 heteroatoms. The van der Waals surface area contributed by atoms with Crippen molar-refractivity contribution < 1.29 is 9.53 Å². The molecule has 0 unspecified atom stereocenters. The summed E-state index contributed by atoms with van der Waals surface area (Å²) in [5, 5.41) is 0. The predicted octanol–water partition coefficient (Wildman–Crippen LogP) is 3.03. The number of hydrogen-bond acceptors (Lipinski definition) is 4. The number of para-hydroxylation sites is 1. The lowest BCUT2D eigenvalue weighted by atomic mass is 10.1. The summed E-state index contributed by atoms with van der Waals surface area (Å²) in [5.74, 6) is 1.44. The van der Waals surface area contributed by atoms with Crippen LogP contribution >= 0.6 is 11.8 Å². The Hall–Kier alpha value is -2.14. The van der Waals surface area contributed by atoms with Crippen LogP contribution in [0.4, 0.5) is 11.4 Å². The number of benzene rings is 2. The highest BCUT2D eigenvalue weighted by Gasteiger charge is 2.24. The molecule has 2 N–H and O–H groups in total. The van der Waals surface area contributed by atoms with Crippen molar-refractivity contribution in [2.45, 2.75) is 4.90 Å².